The van der Waals surface area contributed by atoms with Gasteiger partial charge >= 0.3 is 6.03 Å². The zero-order valence-corrected chi connectivity index (χ0v) is 15.9. The van der Waals surface area contributed by atoms with Crippen LogP contribution in [0.3, 0.4) is 0 Å². The zero-order valence-electron chi connectivity index (χ0n) is 15.9. The van der Waals surface area contributed by atoms with E-state index in [9.17, 15) is 18.4 Å². The Labute approximate surface area is 172 Å². The Kier molecular flexibility index (Phi) is 5.43. The molecule has 0 fully saturated rings. The van der Waals surface area contributed by atoms with Crippen LogP contribution in [0.4, 0.5) is 25.0 Å². The first-order valence-electron chi connectivity index (χ1n) is 9.50. The van der Waals surface area contributed by atoms with Gasteiger partial charge in [-0.05, 0) is 35.7 Å². The highest BCUT2D eigenvalue weighted by atomic mass is 19.1. The second kappa shape index (κ2) is 8.32. The molecule has 0 spiro atoms. The summed E-state index contributed by atoms with van der Waals surface area (Å²) in [5.74, 6) is -1.94. The number of nitrogens with one attached hydrogen (secondary N) is 2. The zero-order chi connectivity index (χ0) is 21.1. The molecule has 3 aromatic rings. The number of carbonyl (C=O) groups is 2. The van der Waals surface area contributed by atoms with Gasteiger partial charge in [0.2, 0.25) is 0 Å². The molecule has 1 aliphatic rings. The van der Waals surface area contributed by atoms with E-state index in [-0.39, 0.29) is 11.6 Å². The predicted octanol–water partition coefficient (Wildman–Crippen LogP) is 4.42. The molecule has 0 aromatic heterocycles. The highest BCUT2D eigenvalue weighted by Gasteiger charge is 2.32. The van der Waals surface area contributed by atoms with Gasteiger partial charge in [0.1, 0.15) is 17.7 Å². The molecule has 1 heterocycles. The lowest BCUT2D eigenvalue weighted by atomic mass is 10.1. The van der Waals surface area contributed by atoms with Crippen LogP contribution in [-0.2, 0) is 11.2 Å². The van der Waals surface area contributed by atoms with Crippen molar-refractivity contribution in [2.75, 3.05) is 16.8 Å². The second-order valence-corrected chi connectivity index (χ2v) is 6.93. The molecule has 3 aromatic carbocycles. The molecule has 7 heteroatoms. The number of carbonyl (C=O) groups excluding carboxylic acids is 2. The Bertz CT molecular complexity index is 1090. The van der Waals surface area contributed by atoms with E-state index in [1.807, 2.05) is 30.3 Å². The quantitative estimate of drug-likeness (QED) is 0.673. The summed E-state index contributed by atoms with van der Waals surface area (Å²) in [5.41, 5.74) is 2.30. The standard InChI is InChI=1S/C23H19F2N3O2/c24-17-10-11-19(18(25)14-17)26-23(30)27-21(16-7-2-1-3-8-16)22(29)28-13-12-15-6-4-5-9-20(15)28/h1-11,14,21H,12-13H2,(H2,26,27,30)/t21-/m1/s1. The Balaban J connectivity index is 1.58. The van der Waals surface area contributed by atoms with Crippen LogP contribution in [0.1, 0.15) is 17.2 Å². The predicted molar refractivity (Wildman–Crippen MR) is 110 cm³/mol. The van der Waals surface area contributed by atoms with Crippen LogP contribution in [0.25, 0.3) is 0 Å². The minimum atomic E-state index is -0.971. The lowest BCUT2D eigenvalue weighted by molar-refractivity contribution is -0.120. The number of nitrogens with zero attached hydrogens (tertiary/aromatic N) is 1. The average Bonchev–Trinajstić information content (AvgIpc) is 3.18. The fourth-order valence-electron chi connectivity index (χ4n) is 3.54. The van der Waals surface area contributed by atoms with E-state index < -0.39 is 23.7 Å². The van der Waals surface area contributed by atoms with Gasteiger partial charge in [-0.15, -0.1) is 0 Å². The maximum atomic E-state index is 13.9. The second-order valence-electron chi connectivity index (χ2n) is 6.93. The molecule has 5 nitrogen and oxygen atoms in total. The minimum absolute atomic E-state index is 0.181. The Hall–Kier alpha value is -3.74. The molecule has 0 aliphatic carbocycles. The Morgan fingerprint density at radius 3 is 2.43 bits per heavy atom. The van der Waals surface area contributed by atoms with Crippen LogP contribution >= 0.6 is 0 Å². The maximum Gasteiger partial charge on any atom is 0.320 e. The summed E-state index contributed by atoms with van der Waals surface area (Å²) in [6, 6.07) is 17.6. The summed E-state index contributed by atoms with van der Waals surface area (Å²) in [5, 5.41) is 4.97. The van der Waals surface area contributed by atoms with Crippen LogP contribution in [0.5, 0.6) is 0 Å². The molecule has 1 atom stereocenters. The van der Waals surface area contributed by atoms with Gasteiger partial charge in [-0.1, -0.05) is 48.5 Å². The molecule has 0 unspecified atom stereocenters. The number of hydrogen-bond donors (Lipinski definition) is 2. The van der Waals surface area contributed by atoms with Gasteiger partial charge in [0, 0.05) is 18.3 Å². The fraction of sp³-hybridized carbons (Fsp3) is 0.130. The van der Waals surface area contributed by atoms with Gasteiger partial charge in [0.15, 0.2) is 0 Å². The van der Waals surface area contributed by atoms with Crippen LogP contribution in [-0.4, -0.2) is 18.5 Å². The van der Waals surface area contributed by atoms with Crippen molar-refractivity contribution < 1.29 is 18.4 Å². The van der Waals surface area contributed by atoms with E-state index in [0.717, 1.165) is 29.8 Å². The van der Waals surface area contributed by atoms with Crippen LogP contribution in [0.15, 0.2) is 72.8 Å². The number of hydrogen-bond acceptors (Lipinski definition) is 2. The lowest BCUT2D eigenvalue weighted by Crippen LogP contribution is -2.44. The van der Waals surface area contributed by atoms with E-state index in [1.54, 1.807) is 29.2 Å². The molecule has 152 valence electrons. The van der Waals surface area contributed by atoms with Crippen molar-refractivity contribution in [3.8, 4) is 0 Å². The third-order valence-electron chi connectivity index (χ3n) is 4.99. The van der Waals surface area contributed by atoms with Crippen LogP contribution in [0.2, 0.25) is 0 Å². The number of amides is 3. The number of urea groups is 1. The number of fused-ring (bicyclic) bond motifs is 1. The maximum absolute atomic E-state index is 13.9. The number of anilines is 2. The van der Waals surface area contributed by atoms with Crippen molar-refractivity contribution in [3.05, 3.63) is 95.6 Å². The summed E-state index contributed by atoms with van der Waals surface area (Å²) in [7, 11) is 0. The monoisotopic (exact) mass is 407 g/mol. The first kappa shape index (κ1) is 19.6. The first-order valence-corrected chi connectivity index (χ1v) is 9.50. The van der Waals surface area contributed by atoms with Gasteiger partial charge in [-0.3, -0.25) is 4.79 Å². The van der Waals surface area contributed by atoms with Crippen molar-refractivity contribution in [1.82, 2.24) is 5.32 Å². The molecular weight excluding hydrogens is 388 g/mol. The van der Waals surface area contributed by atoms with Crippen molar-refractivity contribution in [1.29, 1.82) is 0 Å². The molecule has 30 heavy (non-hydrogen) atoms. The topological polar surface area (TPSA) is 61.4 Å². The molecule has 1 aliphatic heterocycles. The van der Waals surface area contributed by atoms with E-state index in [2.05, 4.69) is 10.6 Å². The van der Waals surface area contributed by atoms with Crippen molar-refractivity contribution >= 4 is 23.3 Å². The van der Waals surface area contributed by atoms with Gasteiger partial charge in [-0.2, -0.15) is 0 Å². The molecule has 2 N–H and O–H groups in total. The summed E-state index contributed by atoms with van der Waals surface area (Å²) in [6.45, 7) is 0.511. The highest BCUT2D eigenvalue weighted by Crippen LogP contribution is 2.30. The largest absolute Gasteiger partial charge is 0.322 e. The molecule has 4 rings (SSSR count). The first-order chi connectivity index (χ1) is 14.5. The molecule has 0 saturated heterocycles. The van der Waals surface area contributed by atoms with Gasteiger partial charge in [-0.25, -0.2) is 13.6 Å². The van der Waals surface area contributed by atoms with Crippen molar-refractivity contribution in [3.63, 3.8) is 0 Å². The molecule has 0 bridgehead atoms. The minimum Gasteiger partial charge on any atom is -0.322 e. The van der Waals surface area contributed by atoms with Gasteiger partial charge in [0.25, 0.3) is 5.91 Å². The number of rotatable bonds is 4. The lowest BCUT2D eigenvalue weighted by Gasteiger charge is -2.25. The summed E-state index contributed by atoms with van der Waals surface area (Å²) < 4.78 is 27.0. The Morgan fingerprint density at radius 1 is 0.933 bits per heavy atom. The van der Waals surface area contributed by atoms with Crippen molar-refractivity contribution in [2.45, 2.75) is 12.5 Å². The third kappa shape index (κ3) is 4.00. The number of para-hydroxylation sites is 1. The van der Waals surface area contributed by atoms with E-state index >= 15 is 0 Å². The van der Waals surface area contributed by atoms with Crippen LogP contribution < -0.4 is 15.5 Å². The van der Waals surface area contributed by atoms with E-state index in [1.165, 1.54) is 0 Å². The molecule has 0 radical (unpaired) electrons. The third-order valence-corrected chi connectivity index (χ3v) is 4.99. The molecule has 3 amide bonds. The van der Waals surface area contributed by atoms with E-state index in [0.29, 0.717) is 18.2 Å². The van der Waals surface area contributed by atoms with Gasteiger partial charge in [0.05, 0.1) is 5.69 Å². The normalized spacial score (nSPS) is 13.5. The number of benzene rings is 3. The average molecular weight is 407 g/mol. The summed E-state index contributed by atoms with van der Waals surface area (Å²) >= 11 is 0. The summed E-state index contributed by atoms with van der Waals surface area (Å²) in [6.07, 6.45) is 0.733. The van der Waals surface area contributed by atoms with E-state index in [4.69, 9.17) is 0 Å². The summed E-state index contributed by atoms with van der Waals surface area (Å²) in [4.78, 5) is 27.6. The SMILES string of the molecule is O=C(Nc1ccc(F)cc1F)N[C@@H](C(=O)N1CCc2ccccc21)c1ccccc1. The molecular formula is C23H19F2N3O2. The highest BCUT2D eigenvalue weighted by molar-refractivity contribution is 6.02. The molecule has 0 saturated carbocycles. The number of halogens is 2. The fourth-order valence-corrected chi connectivity index (χ4v) is 3.54. The van der Waals surface area contributed by atoms with Crippen LogP contribution in [0, 0.1) is 11.6 Å². The smallest absolute Gasteiger partial charge is 0.320 e. The van der Waals surface area contributed by atoms with Crippen molar-refractivity contribution in [2.24, 2.45) is 0 Å². The van der Waals surface area contributed by atoms with Gasteiger partial charge < -0.3 is 15.5 Å². The Morgan fingerprint density at radius 2 is 1.67 bits per heavy atom.